The summed E-state index contributed by atoms with van der Waals surface area (Å²) in [4.78, 5) is 16.5. The number of amides is 1. The quantitative estimate of drug-likeness (QED) is 0.804. The van der Waals surface area contributed by atoms with E-state index in [4.69, 9.17) is 0 Å². The largest absolute Gasteiger partial charge is 0.393 e. The highest BCUT2D eigenvalue weighted by molar-refractivity contribution is 5.76. The highest BCUT2D eigenvalue weighted by Crippen LogP contribution is 2.38. The van der Waals surface area contributed by atoms with Crippen molar-refractivity contribution in [2.75, 3.05) is 32.7 Å². The van der Waals surface area contributed by atoms with Gasteiger partial charge in [-0.25, -0.2) is 0 Å². The second-order valence-corrected chi connectivity index (χ2v) is 6.17. The average Bonchev–Trinajstić information content (AvgIpc) is 3.05. The molecule has 0 bridgehead atoms. The van der Waals surface area contributed by atoms with E-state index in [-0.39, 0.29) is 6.10 Å². The molecule has 0 spiro atoms. The van der Waals surface area contributed by atoms with E-state index in [1.165, 1.54) is 12.8 Å². The Morgan fingerprint density at radius 2 is 1.94 bits per heavy atom. The number of aliphatic hydroxyl groups is 1. The summed E-state index contributed by atoms with van der Waals surface area (Å²) in [6.45, 7) is 4.94. The van der Waals surface area contributed by atoms with Gasteiger partial charge >= 0.3 is 0 Å². The number of carbonyl (C=O) groups excluding carboxylic acids is 1. The zero-order valence-electron chi connectivity index (χ0n) is 11.1. The van der Waals surface area contributed by atoms with E-state index in [9.17, 15) is 9.90 Å². The minimum Gasteiger partial charge on any atom is -0.393 e. The molecule has 1 N–H and O–H groups in total. The number of carbonyl (C=O) groups is 1. The minimum atomic E-state index is -0.161. The summed E-state index contributed by atoms with van der Waals surface area (Å²) < 4.78 is 0. The lowest BCUT2D eigenvalue weighted by molar-refractivity contribution is -0.130. The highest BCUT2D eigenvalue weighted by Gasteiger charge is 2.43. The Balaban J connectivity index is 1.46. The van der Waals surface area contributed by atoms with Crippen molar-refractivity contribution in [3.05, 3.63) is 0 Å². The topological polar surface area (TPSA) is 43.8 Å². The van der Waals surface area contributed by atoms with Crippen LogP contribution in [0.4, 0.5) is 0 Å². The molecule has 3 aliphatic rings. The summed E-state index contributed by atoms with van der Waals surface area (Å²) >= 11 is 0. The van der Waals surface area contributed by atoms with Crippen molar-refractivity contribution in [2.24, 2.45) is 11.8 Å². The molecule has 1 saturated carbocycles. The van der Waals surface area contributed by atoms with Crippen molar-refractivity contribution in [1.29, 1.82) is 0 Å². The average molecular weight is 252 g/mol. The maximum atomic E-state index is 12.2. The second kappa shape index (κ2) is 5.17. The molecule has 18 heavy (non-hydrogen) atoms. The van der Waals surface area contributed by atoms with E-state index in [0.717, 1.165) is 45.6 Å². The molecule has 102 valence electrons. The Labute approximate surface area is 109 Å². The Morgan fingerprint density at radius 3 is 2.67 bits per heavy atom. The van der Waals surface area contributed by atoms with Crippen molar-refractivity contribution in [2.45, 2.75) is 38.2 Å². The fraction of sp³-hybridized carbons (Fsp3) is 0.929. The van der Waals surface area contributed by atoms with Crippen molar-refractivity contribution in [3.8, 4) is 0 Å². The van der Waals surface area contributed by atoms with Crippen LogP contribution >= 0.6 is 0 Å². The number of nitrogens with zero attached hydrogens (tertiary/aromatic N) is 2. The number of fused-ring (bicyclic) bond motifs is 1. The van der Waals surface area contributed by atoms with Crippen LogP contribution in [-0.2, 0) is 4.79 Å². The van der Waals surface area contributed by atoms with Gasteiger partial charge in [-0.05, 0) is 44.7 Å². The molecule has 4 heteroatoms. The standard InChI is InChI=1S/C14H24N2O2/c17-13-4-3-11-9-16(10-12(11)13)14(18)5-8-15-6-1-2-7-15/h11-13,17H,1-10H2. The number of hydrogen-bond acceptors (Lipinski definition) is 3. The van der Waals surface area contributed by atoms with Gasteiger partial charge < -0.3 is 14.9 Å². The summed E-state index contributed by atoms with van der Waals surface area (Å²) in [5.41, 5.74) is 0. The third-order valence-electron chi connectivity index (χ3n) is 5.01. The summed E-state index contributed by atoms with van der Waals surface area (Å²) in [6.07, 6.45) is 5.11. The van der Waals surface area contributed by atoms with Crippen LogP contribution in [-0.4, -0.2) is 59.6 Å². The first-order chi connectivity index (χ1) is 8.74. The number of rotatable bonds is 3. The molecule has 4 nitrogen and oxygen atoms in total. The monoisotopic (exact) mass is 252 g/mol. The molecule has 3 atom stereocenters. The maximum absolute atomic E-state index is 12.2. The number of hydrogen-bond donors (Lipinski definition) is 1. The molecule has 3 fully saturated rings. The fourth-order valence-electron chi connectivity index (χ4n) is 3.86. The molecule has 2 heterocycles. The van der Waals surface area contributed by atoms with Crippen molar-refractivity contribution >= 4 is 5.91 Å². The van der Waals surface area contributed by atoms with E-state index < -0.39 is 0 Å². The molecule has 2 saturated heterocycles. The molecule has 0 aromatic carbocycles. The SMILES string of the molecule is O=C(CCN1CCCC1)N1CC2CCC(O)C2C1. The van der Waals surface area contributed by atoms with Crippen LogP contribution in [0.5, 0.6) is 0 Å². The molecule has 0 aromatic heterocycles. The molecule has 1 amide bonds. The Hall–Kier alpha value is -0.610. The van der Waals surface area contributed by atoms with Gasteiger partial charge in [0.1, 0.15) is 0 Å². The summed E-state index contributed by atoms with van der Waals surface area (Å²) in [7, 11) is 0. The first-order valence-corrected chi connectivity index (χ1v) is 7.42. The Bertz CT molecular complexity index is 315. The van der Waals surface area contributed by atoms with Gasteiger partial charge in [-0.1, -0.05) is 0 Å². The van der Waals surface area contributed by atoms with Gasteiger partial charge in [0.05, 0.1) is 6.10 Å². The third kappa shape index (κ3) is 2.41. The number of likely N-dealkylation sites (tertiary alicyclic amines) is 2. The second-order valence-electron chi connectivity index (χ2n) is 6.17. The van der Waals surface area contributed by atoms with Crippen molar-refractivity contribution < 1.29 is 9.90 Å². The molecule has 0 radical (unpaired) electrons. The first kappa shape index (κ1) is 12.4. The van der Waals surface area contributed by atoms with E-state index in [2.05, 4.69) is 4.90 Å². The van der Waals surface area contributed by atoms with Crippen LogP contribution in [0.15, 0.2) is 0 Å². The predicted molar refractivity (Wildman–Crippen MR) is 69.1 cm³/mol. The fourth-order valence-corrected chi connectivity index (χ4v) is 3.86. The number of aliphatic hydroxyl groups excluding tert-OH is 1. The van der Waals surface area contributed by atoms with Crippen LogP contribution in [0.2, 0.25) is 0 Å². The van der Waals surface area contributed by atoms with Gasteiger partial charge in [0.2, 0.25) is 5.91 Å². The zero-order chi connectivity index (χ0) is 12.5. The summed E-state index contributed by atoms with van der Waals surface area (Å²) in [5, 5.41) is 9.86. The third-order valence-corrected chi connectivity index (χ3v) is 5.01. The van der Waals surface area contributed by atoms with Gasteiger partial charge in [0.15, 0.2) is 0 Å². The molecule has 2 aliphatic heterocycles. The van der Waals surface area contributed by atoms with Crippen LogP contribution in [0, 0.1) is 11.8 Å². The van der Waals surface area contributed by atoms with E-state index >= 15 is 0 Å². The van der Waals surface area contributed by atoms with Gasteiger partial charge in [-0.2, -0.15) is 0 Å². The van der Waals surface area contributed by atoms with E-state index in [1.54, 1.807) is 0 Å². The molecular formula is C14H24N2O2. The smallest absolute Gasteiger partial charge is 0.223 e. The van der Waals surface area contributed by atoms with Crippen LogP contribution in [0.25, 0.3) is 0 Å². The lowest BCUT2D eigenvalue weighted by Gasteiger charge is -2.20. The molecular weight excluding hydrogens is 228 g/mol. The summed E-state index contributed by atoms with van der Waals surface area (Å²) in [6, 6.07) is 0. The Morgan fingerprint density at radius 1 is 1.17 bits per heavy atom. The first-order valence-electron chi connectivity index (χ1n) is 7.42. The van der Waals surface area contributed by atoms with Gasteiger partial charge in [-0.15, -0.1) is 0 Å². The lowest BCUT2D eigenvalue weighted by atomic mass is 10.00. The summed E-state index contributed by atoms with van der Waals surface area (Å²) in [5.74, 6) is 1.22. The molecule has 0 aromatic rings. The van der Waals surface area contributed by atoms with Crippen LogP contribution in [0.1, 0.15) is 32.1 Å². The molecule has 1 aliphatic carbocycles. The van der Waals surface area contributed by atoms with Crippen LogP contribution < -0.4 is 0 Å². The minimum absolute atomic E-state index is 0.161. The van der Waals surface area contributed by atoms with Gasteiger partial charge in [-0.3, -0.25) is 4.79 Å². The van der Waals surface area contributed by atoms with Gasteiger partial charge in [0.25, 0.3) is 0 Å². The van der Waals surface area contributed by atoms with E-state index in [1.807, 2.05) is 4.90 Å². The predicted octanol–water partition coefficient (Wildman–Crippen LogP) is 0.702. The maximum Gasteiger partial charge on any atom is 0.223 e. The normalized spacial score (nSPS) is 36.3. The lowest BCUT2D eigenvalue weighted by Crippen LogP contribution is -2.33. The highest BCUT2D eigenvalue weighted by atomic mass is 16.3. The van der Waals surface area contributed by atoms with Crippen molar-refractivity contribution in [3.63, 3.8) is 0 Å². The van der Waals surface area contributed by atoms with Crippen molar-refractivity contribution in [1.82, 2.24) is 9.80 Å². The Kier molecular flexibility index (Phi) is 3.57. The zero-order valence-corrected chi connectivity index (χ0v) is 11.1. The van der Waals surface area contributed by atoms with Gasteiger partial charge in [0, 0.05) is 32.0 Å². The molecule has 3 unspecified atom stereocenters. The van der Waals surface area contributed by atoms with E-state index in [0.29, 0.717) is 24.2 Å². The van der Waals surface area contributed by atoms with Crippen LogP contribution in [0.3, 0.4) is 0 Å². The molecule has 3 rings (SSSR count).